The number of hydrogen-bond donors (Lipinski definition) is 3. The number of hydrogen-bond acceptors (Lipinski definition) is 3. The van der Waals surface area contributed by atoms with Crippen molar-refractivity contribution in [1.29, 1.82) is 0 Å². The van der Waals surface area contributed by atoms with Crippen LogP contribution in [0.3, 0.4) is 0 Å². The lowest BCUT2D eigenvalue weighted by atomic mass is 10.00. The topological polar surface area (TPSA) is 92.4 Å². The molecule has 4 N–H and O–H groups in total. The smallest absolute Gasteiger partial charge is 0.307 e. The minimum absolute atomic E-state index is 0.186. The van der Waals surface area contributed by atoms with Crippen molar-refractivity contribution >= 4 is 17.6 Å². The maximum atomic E-state index is 13.9. The Labute approximate surface area is 174 Å². The fourth-order valence-electron chi connectivity index (χ4n) is 3.27. The van der Waals surface area contributed by atoms with Crippen LogP contribution >= 0.6 is 0 Å². The van der Waals surface area contributed by atoms with Crippen molar-refractivity contribution in [3.63, 3.8) is 0 Å². The number of nitrogens with one attached hydrogen (secondary N) is 1. The fraction of sp³-hybridized carbons (Fsp3) is 0.167. The molecule has 0 saturated carbocycles. The Bertz CT molecular complexity index is 1100. The number of rotatable bonds is 7. The van der Waals surface area contributed by atoms with E-state index in [0.29, 0.717) is 33.5 Å². The quantitative estimate of drug-likeness (QED) is 0.542. The molecule has 0 saturated heterocycles. The zero-order chi connectivity index (χ0) is 21.7. The number of carboxylic acids is 1. The van der Waals surface area contributed by atoms with Crippen LogP contribution in [-0.2, 0) is 24.2 Å². The number of benzene rings is 3. The predicted octanol–water partition coefficient (Wildman–Crippen LogP) is 4.39. The molecular formula is C24H23FN2O3. The Balaban J connectivity index is 1.89. The molecular weight excluding hydrogens is 383 g/mol. The standard InChI is InChI=1S/C24H23FN2O3/c1-2-15-6-7-22(20(8-15)13-23(28)29)27-24(30)18-5-3-4-17(11-18)19-9-16(14-26)10-21(25)12-19/h3-12H,2,13-14,26H2,1H3,(H,27,30)(H,28,29). The maximum absolute atomic E-state index is 13.9. The molecule has 0 heterocycles. The normalized spacial score (nSPS) is 10.6. The van der Waals surface area contributed by atoms with Crippen molar-refractivity contribution in [2.45, 2.75) is 26.3 Å². The second-order valence-corrected chi connectivity index (χ2v) is 7.00. The van der Waals surface area contributed by atoms with Gasteiger partial charge in [-0.15, -0.1) is 0 Å². The number of carbonyl (C=O) groups is 2. The minimum Gasteiger partial charge on any atom is -0.481 e. The van der Waals surface area contributed by atoms with E-state index < -0.39 is 11.8 Å². The highest BCUT2D eigenvalue weighted by atomic mass is 19.1. The molecule has 0 fully saturated rings. The Hall–Kier alpha value is -3.51. The SMILES string of the molecule is CCc1ccc(NC(=O)c2cccc(-c3cc(F)cc(CN)c3)c2)c(CC(=O)O)c1. The first-order valence-electron chi connectivity index (χ1n) is 9.64. The highest BCUT2D eigenvalue weighted by Gasteiger charge is 2.13. The Kier molecular flexibility index (Phi) is 6.59. The van der Waals surface area contributed by atoms with Gasteiger partial charge in [0, 0.05) is 17.8 Å². The summed E-state index contributed by atoms with van der Waals surface area (Å²) in [6, 6.07) is 16.8. The number of anilines is 1. The predicted molar refractivity (Wildman–Crippen MR) is 115 cm³/mol. The fourth-order valence-corrected chi connectivity index (χ4v) is 3.27. The van der Waals surface area contributed by atoms with E-state index in [2.05, 4.69) is 5.32 Å². The summed E-state index contributed by atoms with van der Waals surface area (Å²) in [4.78, 5) is 24.0. The number of halogens is 1. The van der Waals surface area contributed by atoms with Gasteiger partial charge < -0.3 is 16.2 Å². The highest BCUT2D eigenvalue weighted by molar-refractivity contribution is 6.05. The first-order chi connectivity index (χ1) is 14.4. The summed E-state index contributed by atoms with van der Waals surface area (Å²) < 4.78 is 13.9. The summed E-state index contributed by atoms with van der Waals surface area (Å²) in [5.41, 5.74) is 9.98. The van der Waals surface area contributed by atoms with E-state index in [0.717, 1.165) is 12.0 Å². The van der Waals surface area contributed by atoms with Crippen molar-refractivity contribution in [1.82, 2.24) is 0 Å². The van der Waals surface area contributed by atoms with Gasteiger partial charge in [-0.2, -0.15) is 0 Å². The summed E-state index contributed by atoms with van der Waals surface area (Å²) in [7, 11) is 0. The van der Waals surface area contributed by atoms with Crippen LogP contribution in [0, 0.1) is 5.82 Å². The van der Waals surface area contributed by atoms with Gasteiger partial charge in [-0.05, 0) is 70.6 Å². The van der Waals surface area contributed by atoms with Crippen molar-refractivity contribution in [3.05, 3.63) is 88.7 Å². The lowest BCUT2D eigenvalue weighted by Gasteiger charge is -2.12. The Morgan fingerprint density at radius 1 is 1.00 bits per heavy atom. The van der Waals surface area contributed by atoms with Crippen LogP contribution < -0.4 is 11.1 Å². The summed E-state index contributed by atoms with van der Waals surface area (Å²) in [6.45, 7) is 2.19. The van der Waals surface area contributed by atoms with Gasteiger partial charge >= 0.3 is 5.97 Å². The number of nitrogens with two attached hydrogens (primary N) is 1. The van der Waals surface area contributed by atoms with Gasteiger partial charge in [0.05, 0.1) is 6.42 Å². The zero-order valence-electron chi connectivity index (χ0n) is 16.6. The third-order valence-electron chi connectivity index (χ3n) is 4.82. The highest BCUT2D eigenvalue weighted by Crippen LogP contribution is 2.25. The molecule has 1 amide bonds. The van der Waals surface area contributed by atoms with E-state index in [9.17, 15) is 19.1 Å². The number of aliphatic carboxylic acids is 1. The van der Waals surface area contributed by atoms with E-state index in [1.807, 2.05) is 13.0 Å². The van der Waals surface area contributed by atoms with Gasteiger partial charge in [-0.1, -0.05) is 31.2 Å². The van der Waals surface area contributed by atoms with E-state index in [1.54, 1.807) is 42.5 Å². The summed E-state index contributed by atoms with van der Waals surface area (Å²) >= 11 is 0. The molecule has 6 heteroatoms. The first kappa shape index (κ1) is 21.2. The summed E-state index contributed by atoms with van der Waals surface area (Å²) in [5.74, 6) is -1.73. The molecule has 0 bridgehead atoms. The second-order valence-electron chi connectivity index (χ2n) is 7.00. The van der Waals surface area contributed by atoms with Gasteiger partial charge in [-0.3, -0.25) is 9.59 Å². The Morgan fingerprint density at radius 3 is 2.50 bits per heavy atom. The summed E-state index contributed by atoms with van der Waals surface area (Å²) in [5, 5.41) is 12.0. The second kappa shape index (κ2) is 9.33. The van der Waals surface area contributed by atoms with Crippen molar-refractivity contribution in [2.75, 3.05) is 5.32 Å². The molecule has 0 aliphatic rings. The molecule has 0 radical (unpaired) electrons. The summed E-state index contributed by atoms with van der Waals surface area (Å²) in [6.07, 6.45) is 0.579. The van der Waals surface area contributed by atoms with E-state index in [4.69, 9.17) is 5.73 Å². The van der Waals surface area contributed by atoms with Gasteiger partial charge in [0.15, 0.2) is 0 Å². The molecule has 0 atom stereocenters. The van der Waals surface area contributed by atoms with Gasteiger partial charge in [0.1, 0.15) is 5.82 Å². The molecule has 0 aliphatic carbocycles. The average Bonchev–Trinajstić information content (AvgIpc) is 2.74. The molecule has 3 aromatic rings. The minimum atomic E-state index is -0.970. The van der Waals surface area contributed by atoms with Crippen molar-refractivity contribution < 1.29 is 19.1 Å². The van der Waals surface area contributed by atoms with Crippen LogP contribution in [0.15, 0.2) is 60.7 Å². The molecule has 0 aliphatic heterocycles. The van der Waals surface area contributed by atoms with Crippen LogP contribution in [0.1, 0.15) is 34.0 Å². The lowest BCUT2D eigenvalue weighted by Crippen LogP contribution is -2.14. The number of aryl methyl sites for hydroxylation is 1. The molecule has 3 rings (SSSR count). The molecule has 0 aromatic heterocycles. The zero-order valence-corrected chi connectivity index (χ0v) is 16.6. The van der Waals surface area contributed by atoms with Gasteiger partial charge in [0.2, 0.25) is 0 Å². The molecule has 5 nitrogen and oxygen atoms in total. The van der Waals surface area contributed by atoms with Gasteiger partial charge in [-0.25, -0.2) is 4.39 Å². The van der Waals surface area contributed by atoms with Gasteiger partial charge in [0.25, 0.3) is 5.91 Å². The molecule has 30 heavy (non-hydrogen) atoms. The molecule has 154 valence electrons. The molecule has 0 spiro atoms. The van der Waals surface area contributed by atoms with E-state index >= 15 is 0 Å². The third-order valence-corrected chi connectivity index (χ3v) is 4.82. The number of carboxylic acid groups (broad SMARTS) is 1. The van der Waals surface area contributed by atoms with E-state index in [1.165, 1.54) is 12.1 Å². The third kappa shape index (κ3) is 5.10. The van der Waals surface area contributed by atoms with Crippen molar-refractivity contribution in [3.8, 4) is 11.1 Å². The molecule has 0 unspecified atom stereocenters. The van der Waals surface area contributed by atoms with Crippen LogP contribution in [0.25, 0.3) is 11.1 Å². The van der Waals surface area contributed by atoms with Crippen molar-refractivity contribution in [2.24, 2.45) is 5.73 Å². The van der Waals surface area contributed by atoms with Crippen LogP contribution in [0.2, 0.25) is 0 Å². The van der Waals surface area contributed by atoms with Crippen LogP contribution in [0.4, 0.5) is 10.1 Å². The molecule has 3 aromatic carbocycles. The maximum Gasteiger partial charge on any atom is 0.307 e. The monoisotopic (exact) mass is 406 g/mol. The Morgan fingerprint density at radius 2 is 1.80 bits per heavy atom. The first-order valence-corrected chi connectivity index (χ1v) is 9.64. The lowest BCUT2D eigenvalue weighted by molar-refractivity contribution is -0.136. The largest absolute Gasteiger partial charge is 0.481 e. The number of amides is 1. The average molecular weight is 406 g/mol. The van der Waals surface area contributed by atoms with E-state index in [-0.39, 0.29) is 18.9 Å². The van der Waals surface area contributed by atoms with Crippen LogP contribution in [-0.4, -0.2) is 17.0 Å². The number of carbonyl (C=O) groups excluding carboxylic acids is 1. The van der Waals surface area contributed by atoms with Crippen LogP contribution in [0.5, 0.6) is 0 Å².